The van der Waals surface area contributed by atoms with Crippen LogP contribution in [-0.2, 0) is 0 Å². The van der Waals surface area contributed by atoms with Crippen molar-refractivity contribution in [1.82, 2.24) is 4.98 Å². The standard InChI is InChI=1S/C14H13NO4S/c1-7(13-15-8(2)12(20-13)14(16)17)9-3-4-10-11(5-9)19-6-18-10/h3-5,7H,6H2,1-2H3,(H,16,17). The van der Waals surface area contributed by atoms with Crippen LogP contribution in [0, 0.1) is 6.92 Å². The molecule has 6 heteroatoms. The van der Waals surface area contributed by atoms with E-state index in [1.807, 2.05) is 25.1 Å². The number of aromatic carboxylic acids is 1. The van der Waals surface area contributed by atoms with E-state index in [2.05, 4.69) is 4.98 Å². The van der Waals surface area contributed by atoms with Crippen molar-refractivity contribution in [2.75, 3.05) is 6.79 Å². The number of carboxylic acid groups (broad SMARTS) is 1. The van der Waals surface area contributed by atoms with Gasteiger partial charge in [0.05, 0.1) is 5.69 Å². The van der Waals surface area contributed by atoms with Crippen molar-refractivity contribution in [3.63, 3.8) is 0 Å². The zero-order chi connectivity index (χ0) is 14.3. The molecular formula is C14H13NO4S. The lowest BCUT2D eigenvalue weighted by Crippen LogP contribution is -1.95. The van der Waals surface area contributed by atoms with Gasteiger partial charge in [-0.25, -0.2) is 9.78 Å². The maximum atomic E-state index is 11.1. The Morgan fingerprint density at radius 1 is 1.40 bits per heavy atom. The SMILES string of the molecule is Cc1nc(C(C)c2ccc3c(c2)OCO3)sc1C(=O)O. The van der Waals surface area contributed by atoms with Crippen molar-refractivity contribution < 1.29 is 19.4 Å². The van der Waals surface area contributed by atoms with Gasteiger partial charge in [0.1, 0.15) is 9.88 Å². The van der Waals surface area contributed by atoms with Gasteiger partial charge < -0.3 is 14.6 Å². The van der Waals surface area contributed by atoms with E-state index in [0.717, 1.165) is 22.1 Å². The third-order valence-electron chi connectivity index (χ3n) is 3.27. The van der Waals surface area contributed by atoms with Gasteiger partial charge in [-0.1, -0.05) is 13.0 Å². The second-order valence-electron chi connectivity index (χ2n) is 4.61. The van der Waals surface area contributed by atoms with Crippen LogP contribution in [0.4, 0.5) is 0 Å². The van der Waals surface area contributed by atoms with E-state index in [1.165, 1.54) is 11.3 Å². The minimum Gasteiger partial charge on any atom is -0.477 e. The fourth-order valence-corrected chi connectivity index (χ4v) is 3.11. The minimum absolute atomic E-state index is 0.0151. The van der Waals surface area contributed by atoms with Gasteiger partial charge in [0, 0.05) is 5.92 Å². The zero-order valence-corrected chi connectivity index (χ0v) is 11.9. The molecule has 2 heterocycles. The van der Waals surface area contributed by atoms with Crippen molar-refractivity contribution in [2.24, 2.45) is 0 Å². The molecule has 3 rings (SSSR count). The number of benzene rings is 1. The molecule has 104 valence electrons. The van der Waals surface area contributed by atoms with Gasteiger partial charge >= 0.3 is 5.97 Å². The molecule has 0 spiro atoms. The number of carbonyl (C=O) groups is 1. The molecule has 0 amide bonds. The number of hydrogen-bond acceptors (Lipinski definition) is 5. The summed E-state index contributed by atoms with van der Waals surface area (Å²) in [6, 6.07) is 5.74. The average Bonchev–Trinajstić information content (AvgIpc) is 3.02. The third-order valence-corrected chi connectivity index (χ3v) is 4.60. The Morgan fingerprint density at radius 2 is 2.15 bits per heavy atom. The summed E-state index contributed by atoms with van der Waals surface area (Å²) in [5, 5.41) is 9.88. The zero-order valence-electron chi connectivity index (χ0n) is 11.0. The monoisotopic (exact) mass is 291 g/mol. The van der Waals surface area contributed by atoms with Crippen LogP contribution in [0.1, 0.15) is 38.8 Å². The van der Waals surface area contributed by atoms with Crippen LogP contribution in [-0.4, -0.2) is 22.9 Å². The van der Waals surface area contributed by atoms with Crippen molar-refractivity contribution in [3.8, 4) is 11.5 Å². The molecule has 0 saturated carbocycles. The Morgan fingerprint density at radius 3 is 2.85 bits per heavy atom. The summed E-state index contributed by atoms with van der Waals surface area (Å²) in [7, 11) is 0. The lowest BCUT2D eigenvalue weighted by molar-refractivity contribution is 0.0701. The molecule has 1 aromatic heterocycles. The Bertz CT molecular complexity index is 680. The van der Waals surface area contributed by atoms with E-state index in [1.54, 1.807) is 6.92 Å². The molecule has 0 radical (unpaired) electrons. The molecule has 20 heavy (non-hydrogen) atoms. The van der Waals surface area contributed by atoms with Crippen molar-refractivity contribution in [2.45, 2.75) is 19.8 Å². The van der Waals surface area contributed by atoms with Crippen LogP contribution in [0.5, 0.6) is 11.5 Å². The van der Waals surface area contributed by atoms with Crippen LogP contribution >= 0.6 is 11.3 Å². The summed E-state index contributed by atoms with van der Waals surface area (Å²) in [5.41, 5.74) is 1.59. The minimum atomic E-state index is -0.927. The van der Waals surface area contributed by atoms with Gasteiger partial charge in [0.25, 0.3) is 0 Å². The lowest BCUT2D eigenvalue weighted by atomic mass is 10.0. The van der Waals surface area contributed by atoms with Crippen LogP contribution in [0.3, 0.4) is 0 Å². The van der Waals surface area contributed by atoms with Gasteiger partial charge in [-0.15, -0.1) is 11.3 Å². The van der Waals surface area contributed by atoms with Crippen LogP contribution in [0.15, 0.2) is 18.2 Å². The van der Waals surface area contributed by atoms with Crippen LogP contribution in [0.25, 0.3) is 0 Å². The number of ether oxygens (including phenoxy) is 2. The number of hydrogen-bond donors (Lipinski definition) is 1. The predicted molar refractivity (Wildman–Crippen MR) is 73.9 cm³/mol. The number of thiazole rings is 1. The van der Waals surface area contributed by atoms with Gasteiger partial charge in [-0.3, -0.25) is 0 Å². The molecule has 0 saturated heterocycles. The maximum absolute atomic E-state index is 11.1. The molecule has 1 aromatic carbocycles. The first-order valence-corrected chi connectivity index (χ1v) is 6.98. The van der Waals surface area contributed by atoms with Gasteiger partial charge in [0.2, 0.25) is 6.79 Å². The highest BCUT2D eigenvalue weighted by molar-refractivity contribution is 7.13. The number of nitrogens with zero attached hydrogens (tertiary/aromatic N) is 1. The lowest BCUT2D eigenvalue weighted by Gasteiger charge is -2.09. The average molecular weight is 291 g/mol. The van der Waals surface area contributed by atoms with E-state index >= 15 is 0 Å². The first-order valence-electron chi connectivity index (χ1n) is 6.16. The normalized spacial score (nSPS) is 14.3. The fraction of sp³-hybridized carbons (Fsp3) is 0.286. The smallest absolute Gasteiger partial charge is 0.347 e. The summed E-state index contributed by atoms with van der Waals surface area (Å²) in [5.74, 6) is 0.550. The van der Waals surface area contributed by atoms with Gasteiger partial charge in [-0.05, 0) is 24.6 Å². The summed E-state index contributed by atoms with van der Waals surface area (Å²) in [6.45, 7) is 3.96. The second kappa shape index (κ2) is 4.79. The first-order chi connectivity index (χ1) is 9.56. The number of carboxylic acids is 1. The Kier molecular flexibility index (Phi) is 3.10. The van der Waals surface area contributed by atoms with Crippen molar-refractivity contribution in [3.05, 3.63) is 39.3 Å². The van der Waals surface area contributed by atoms with E-state index < -0.39 is 5.97 Å². The largest absolute Gasteiger partial charge is 0.477 e. The van der Waals surface area contributed by atoms with E-state index in [4.69, 9.17) is 14.6 Å². The van der Waals surface area contributed by atoms with Gasteiger partial charge in [0.15, 0.2) is 11.5 Å². The molecular weight excluding hydrogens is 278 g/mol. The molecule has 1 N–H and O–H groups in total. The molecule has 0 aliphatic carbocycles. The number of fused-ring (bicyclic) bond motifs is 1. The van der Waals surface area contributed by atoms with Crippen molar-refractivity contribution in [1.29, 1.82) is 0 Å². The Hall–Kier alpha value is -2.08. The summed E-state index contributed by atoms with van der Waals surface area (Å²) >= 11 is 1.22. The summed E-state index contributed by atoms with van der Waals surface area (Å²) < 4.78 is 10.6. The third kappa shape index (κ3) is 2.12. The van der Waals surface area contributed by atoms with E-state index in [-0.39, 0.29) is 12.7 Å². The van der Waals surface area contributed by atoms with Crippen LogP contribution < -0.4 is 9.47 Å². The maximum Gasteiger partial charge on any atom is 0.347 e. The van der Waals surface area contributed by atoms with Crippen LogP contribution in [0.2, 0.25) is 0 Å². The fourth-order valence-electron chi connectivity index (χ4n) is 2.13. The number of aryl methyl sites for hydroxylation is 1. The van der Waals surface area contributed by atoms with Crippen molar-refractivity contribution >= 4 is 17.3 Å². The van der Waals surface area contributed by atoms with E-state index in [0.29, 0.717) is 10.6 Å². The van der Waals surface area contributed by atoms with E-state index in [9.17, 15) is 4.79 Å². The highest BCUT2D eigenvalue weighted by Gasteiger charge is 2.21. The second-order valence-corrected chi connectivity index (χ2v) is 5.64. The highest BCUT2D eigenvalue weighted by Crippen LogP contribution is 2.37. The molecule has 1 aliphatic heterocycles. The Labute approximate surface area is 119 Å². The molecule has 1 atom stereocenters. The molecule has 1 unspecified atom stereocenters. The topological polar surface area (TPSA) is 68.7 Å². The number of rotatable bonds is 3. The molecule has 2 aromatic rings. The molecule has 5 nitrogen and oxygen atoms in total. The Balaban J connectivity index is 1.94. The van der Waals surface area contributed by atoms with Gasteiger partial charge in [-0.2, -0.15) is 0 Å². The first kappa shape index (κ1) is 12.9. The number of aromatic nitrogens is 1. The molecule has 1 aliphatic rings. The molecule has 0 bridgehead atoms. The quantitative estimate of drug-likeness (QED) is 0.941. The summed E-state index contributed by atoms with van der Waals surface area (Å²) in [4.78, 5) is 15.7. The highest BCUT2D eigenvalue weighted by atomic mass is 32.1. The summed E-state index contributed by atoms with van der Waals surface area (Å²) in [6.07, 6.45) is 0. The molecule has 0 fully saturated rings. The predicted octanol–water partition coefficient (Wildman–Crippen LogP) is 3.03.